The van der Waals surface area contributed by atoms with Crippen LogP contribution >= 0.6 is 23.2 Å². The second kappa shape index (κ2) is 7.09. The van der Waals surface area contributed by atoms with Crippen LogP contribution < -0.4 is 9.47 Å². The topological polar surface area (TPSA) is 48.4 Å². The highest BCUT2D eigenvalue weighted by Crippen LogP contribution is 2.39. The molecule has 0 atom stereocenters. The Morgan fingerprint density at radius 3 is 2.20 bits per heavy atom. The van der Waals surface area contributed by atoms with Crippen LogP contribution in [-0.4, -0.2) is 25.0 Å². The zero-order valence-corrected chi connectivity index (χ0v) is 14.8. The maximum Gasteiger partial charge on any atom is 0.419 e. The number of nitrogens with zero attached hydrogens (tertiary/aromatic N) is 1. The molecule has 0 spiro atoms. The highest BCUT2D eigenvalue weighted by atomic mass is 35.5. The van der Waals surface area contributed by atoms with Crippen molar-refractivity contribution in [2.24, 2.45) is 0 Å². The van der Waals surface area contributed by atoms with Crippen LogP contribution in [0.1, 0.15) is 27.0 Å². The van der Waals surface area contributed by atoms with Crippen molar-refractivity contribution in [2.45, 2.75) is 13.1 Å². The third-order valence-electron chi connectivity index (χ3n) is 3.48. The normalized spacial score (nSPS) is 11.4. The lowest BCUT2D eigenvalue weighted by Gasteiger charge is -2.15. The summed E-state index contributed by atoms with van der Waals surface area (Å²) in [6, 6.07) is 2.87. The molecule has 9 heteroatoms. The Kier molecular flexibility index (Phi) is 5.49. The average molecular weight is 394 g/mol. The zero-order chi connectivity index (χ0) is 18.9. The van der Waals surface area contributed by atoms with Gasteiger partial charge in [-0.05, 0) is 24.6 Å². The summed E-state index contributed by atoms with van der Waals surface area (Å²) in [5.74, 6) is -0.188. The van der Waals surface area contributed by atoms with Crippen molar-refractivity contribution in [1.29, 1.82) is 0 Å². The van der Waals surface area contributed by atoms with Crippen molar-refractivity contribution in [1.82, 2.24) is 4.98 Å². The molecule has 2 rings (SSSR count). The van der Waals surface area contributed by atoms with E-state index in [0.717, 1.165) is 0 Å². The van der Waals surface area contributed by atoms with Gasteiger partial charge >= 0.3 is 6.18 Å². The zero-order valence-electron chi connectivity index (χ0n) is 13.3. The Morgan fingerprint density at radius 1 is 1.12 bits per heavy atom. The Bertz CT molecular complexity index is 838. The number of hydrogen-bond donors (Lipinski definition) is 0. The lowest BCUT2D eigenvalue weighted by molar-refractivity contribution is -0.137. The highest BCUT2D eigenvalue weighted by Gasteiger charge is 2.37. The van der Waals surface area contributed by atoms with E-state index in [1.807, 2.05) is 0 Å². The summed E-state index contributed by atoms with van der Waals surface area (Å²) < 4.78 is 49.3. The molecule has 0 radical (unpaired) electrons. The van der Waals surface area contributed by atoms with E-state index < -0.39 is 33.3 Å². The van der Waals surface area contributed by atoms with Crippen LogP contribution in [0.25, 0.3) is 0 Å². The highest BCUT2D eigenvalue weighted by molar-refractivity contribution is 6.40. The third kappa shape index (κ3) is 3.67. The van der Waals surface area contributed by atoms with Crippen molar-refractivity contribution in [3.63, 3.8) is 0 Å². The molecule has 0 aliphatic carbocycles. The Labute approximate surface area is 151 Å². The molecular weight excluding hydrogens is 382 g/mol. The molecule has 1 heterocycles. The molecule has 0 aliphatic rings. The smallest absolute Gasteiger partial charge is 0.419 e. The molecule has 25 heavy (non-hydrogen) atoms. The summed E-state index contributed by atoms with van der Waals surface area (Å²) in [7, 11) is 2.79. The number of ketones is 1. The summed E-state index contributed by atoms with van der Waals surface area (Å²) in [6.07, 6.45) is -4.28. The molecule has 0 fully saturated rings. The first-order valence-electron chi connectivity index (χ1n) is 6.80. The number of hydrogen-bond acceptors (Lipinski definition) is 4. The van der Waals surface area contributed by atoms with Gasteiger partial charge in [0.15, 0.2) is 17.3 Å². The number of halogens is 5. The Morgan fingerprint density at radius 2 is 1.68 bits per heavy atom. The number of carbonyl (C=O) groups is 1. The first-order valence-corrected chi connectivity index (χ1v) is 7.55. The first kappa shape index (κ1) is 19.3. The lowest BCUT2D eigenvalue weighted by Crippen LogP contribution is -2.13. The van der Waals surface area contributed by atoms with Crippen LogP contribution in [0, 0.1) is 6.92 Å². The van der Waals surface area contributed by atoms with Gasteiger partial charge in [-0.2, -0.15) is 13.2 Å². The first-order chi connectivity index (χ1) is 11.6. The predicted molar refractivity (Wildman–Crippen MR) is 87.0 cm³/mol. The van der Waals surface area contributed by atoms with Gasteiger partial charge in [0.05, 0.1) is 30.4 Å². The monoisotopic (exact) mass is 393 g/mol. The van der Waals surface area contributed by atoms with Crippen LogP contribution in [0.2, 0.25) is 10.2 Å². The van der Waals surface area contributed by atoms with E-state index in [9.17, 15) is 18.0 Å². The molecule has 134 valence electrons. The second-order valence-electron chi connectivity index (χ2n) is 5.00. The molecule has 0 N–H and O–H groups in total. The number of alkyl halides is 3. The summed E-state index contributed by atoms with van der Waals surface area (Å²) in [5, 5.41) is -1.22. The fourth-order valence-corrected chi connectivity index (χ4v) is 2.83. The fraction of sp³-hybridized carbons (Fsp3) is 0.250. The van der Waals surface area contributed by atoms with E-state index in [4.69, 9.17) is 32.7 Å². The van der Waals surface area contributed by atoms with Crippen LogP contribution in [0.5, 0.6) is 11.5 Å². The number of methoxy groups -OCH3 is 2. The SMILES string of the molecule is COc1cc(C)c(C(=O)c2c(Cl)ncc(C(F)(F)F)c2Cl)cc1OC. The van der Waals surface area contributed by atoms with Crippen molar-refractivity contribution in [2.75, 3.05) is 14.2 Å². The van der Waals surface area contributed by atoms with Gasteiger partial charge in [0, 0.05) is 11.8 Å². The molecule has 2 aromatic rings. The average Bonchev–Trinajstić information content (AvgIpc) is 2.52. The van der Waals surface area contributed by atoms with Gasteiger partial charge in [0.1, 0.15) is 5.15 Å². The molecular formula is C16H12Cl2F3NO3. The number of benzene rings is 1. The van der Waals surface area contributed by atoms with Crippen molar-refractivity contribution in [3.05, 3.63) is 50.8 Å². The molecule has 0 bridgehead atoms. The Hall–Kier alpha value is -1.99. The Balaban J connectivity index is 2.67. The summed E-state index contributed by atoms with van der Waals surface area (Å²) >= 11 is 11.6. The minimum Gasteiger partial charge on any atom is -0.493 e. The van der Waals surface area contributed by atoms with E-state index in [1.165, 1.54) is 26.4 Å². The minimum absolute atomic E-state index is 0.0718. The van der Waals surface area contributed by atoms with Crippen LogP contribution in [0.4, 0.5) is 13.2 Å². The number of aryl methyl sites for hydroxylation is 1. The van der Waals surface area contributed by atoms with E-state index >= 15 is 0 Å². The number of pyridine rings is 1. The fourth-order valence-electron chi connectivity index (χ4n) is 2.22. The molecule has 0 unspecified atom stereocenters. The van der Waals surface area contributed by atoms with Gasteiger partial charge in [-0.1, -0.05) is 23.2 Å². The van der Waals surface area contributed by atoms with Crippen molar-refractivity contribution >= 4 is 29.0 Å². The molecule has 4 nitrogen and oxygen atoms in total. The van der Waals surface area contributed by atoms with E-state index in [1.54, 1.807) is 6.92 Å². The maximum absolute atomic E-state index is 13.0. The maximum atomic E-state index is 13.0. The van der Waals surface area contributed by atoms with Gasteiger partial charge in [-0.3, -0.25) is 4.79 Å². The molecule has 0 amide bonds. The lowest BCUT2D eigenvalue weighted by atomic mass is 9.98. The molecule has 0 aliphatic heterocycles. The quantitative estimate of drug-likeness (QED) is 0.543. The largest absolute Gasteiger partial charge is 0.493 e. The minimum atomic E-state index is -4.77. The number of ether oxygens (including phenoxy) is 2. The summed E-state index contributed by atoms with van der Waals surface area (Å²) in [6.45, 7) is 1.60. The van der Waals surface area contributed by atoms with Gasteiger partial charge in [0.2, 0.25) is 0 Å². The molecule has 0 saturated heterocycles. The van der Waals surface area contributed by atoms with E-state index in [0.29, 0.717) is 17.5 Å². The second-order valence-corrected chi connectivity index (χ2v) is 5.74. The molecule has 1 aromatic carbocycles. The van der Waals surface area contributed by atoms with Gasteiger partial charge < -0.3 is 9.47 Å². The number of aromatic nitrogens is 1. The standard InChI is InChI=1S/C16H12Cl2F3NO3/c1-7-4-10(24-2)11(25-3)5-8(7)14(23)12-13(17)9(16(19,20)21)6-22-15(12)18/h4-6H,1-3H3. The van der Waals surface area contributed by atoms with Crippen LogP contribution in [0.15, 0.2) is 18.3 Å². The van der Waals surface area contributed by atoms with E-state index in [-0.39, 0.29) is 11.3 Å². The van der Waals surface area contributed by atoms with Crippen LogP contribution in [0.3, 0.4) is 0 Å². The van der Waals surface area contributed by atoms with Crippen molar-refractivity contribution in [3.8, 4) is 11.5 Å². The van der Waals surface area contributed by atoms with Gasteiger partial charge in [-0.25, -0.2) is 4.98 Å². The molecule has 0 saturated carbocycles. The van der Waals surface area contributed by atoms with Gasteiger partial charge in [-0.15, -0.1) is 0 Å². The van der Waals surface area contributed by atoms with Crippen LogP contribution in [-0.2, 0) is 6.18 Å². The predicted octanol–water partition coefficient (Wildman–Crippen LogP) is 4.96. The molecule has 1 aromatic heterocycles. The number of carbonyl (C=O) groups excluding carboxylic acids is 1. The van der Waals surface area contributed by atoms with Gasteiger partial charge in [0.25, 0.3) is 0 Å². The van der Waals surface area contributed by atoms with E-state index in [2.05, 4.69) is 4.98 Å². The third-order valence-corrected chi connectivity index (χ3v) is 4.16. The summed E-state index contributed by atoms with van der Waals surface area (Å²) in [5.41, 5.74) is -1.23. The number of rotatable bonds is 4. The summed E-state index contributed by atoms with van der Waals surface area (Å²) in [4.78, 5) is 16.2. The van der Waals surface area contributed by atoms with Crippen molar-refractivity contribution < 1.29 is 27.4 Å².